The molecule has 0 saturated carbocycles. The average Bonchev–Trinajstić information content (AvgIpc) is 2.87. The maximum Gasteiger partial charge on any atom is 0.251 e. The Hall–Kier alpha value is -3.08. The molecule has 1 fully saturated rings. The zero-order valence-electron chi connectivity index (χ0n) is 21.5. The van der Waals surface area contributed by atoms with Crippen molar-refractivity contribution in [2.75, 3.05) is 31.1 Å². The van der Waals surface area contributed by atoms with Gasteiger partial charge in [0.25, 0.3) is 5.91 Å². The van der Waals surface area contributed by atoms with Crippen molar-refractivity contribution in [3.05, 3.63) is 76.9 Å². The quantitative estimate of drug-likeness (QED) is 0.294. The van der Waals surface area contributed by atoms with Gasteiger partial charge < -0.3 is 16.0 Å². The molecule has 0 unspecified atom stereocenters. The van der Waals surface area contributed by atoms with Gasteiger partial charge in [-0.2, -0.15) is 0 Å². The van der Waals surface area contributed by atoms with E-state index >= 15 is 0 Å². The van der Waals surface area contributed by atoms with Gasteiger partial charge in [-0.25, -0.2) is 0 Å². The number of rotatable bonds is 6. The average molecular weight is 502 g/mol. The number of carbonyl (C=O) groups is 1. The van der Waals surface area contributed by atoms with Gasteiger partial charge in [0, 0.05) is 31.6 Å². The van der Waals surface area contributed by atoms with Crippen LogP contribution in [0.3, 0.4) is 0 Å². The summed E-state index contributed by atoms with van der Waals surface area (Å²) >= 11 is 0. The van der Waals surface area contributed by atoms with Crippen LogP contribution in [-0.2, 0) is 6.42 Å². The summed E-state index contributed by atoms with van der Waals surface area (Å²) in [5.74, 6) is -0.328. The fourth-order valence-corrected chi connectivity index (χ4v) is 5.62. The number of nitrogens with zero attached hydrogens (tertiary/aromatic N) is 1. The molecule has 0 radical (unpaired) electrons. The van der Waals surface area contributed by atoms with Gasteiger partial charge in [0.2, 0.25) is 0 Å². The Morgan fingerprint density at radius 2 is 1.64 bits per heavy atom. The molecule has 4 aromatic rings. The van der Waals surface area contributed by atoms with Gasteiger partial charge in [0.05, 0.1) is 11.3 Å². The van der Waals surface area contributed by atoms with Crippen LogP contribution in [0.2, 0.25) is 0 Å². The summed E-state index contributed by atoms with van der Waals surface area (Å²) in [4.78, 5) is 15.6. The molecule has 1 amide bonds. The number of nitrogens with one attached hydrogen (secondary N) is 1. The normalized spacial score (nSPS) is 13.7. The van der Waals surface area contributed by atoms with Crippen LogP contribution in [0.5, 0.6) is 0 Å². The maximum atomic E-state index is 13.3. The molecule has 1 heterocycles. The number of piperazine rings is 1. The summed E-state index contributed by atoms with van der Waals surface area (Å²) in [5.41, 5.74) is 13.9. The molecule has 5 rings (SSSR count). The number of fused-ring (bicyclic) bond motifs is 2. The third kappa shape index (κ3) is 4.56. The number of amides is 1. The van der Waals surface area contributed by atoms with E-state index in [1.807, 2.05) is 0 Å². The summed E-state index contributed by atoms with van der Waals surface area (Å²) in [7, 11) is 0. The molecule has 1 aliphatic heterocycles. The summed E-state index contributed by atoms with van der Waals surface area (Å²) in [6.07, 6.45) is 2.90. The summed E-state index contributed by atoms with van der Waals surface area (Å²) in [5, 5.41) is 8.18. The van der Waals surface area contributed by atoms with E-state index in [9.17, 15) is 4.79 Å². The number of unbranched alkanes of at least 4 members (excludes halogenated alkanes) is 1. The monoisotopic (exact) mass is 501 g/mol. The van der Waals surface area contributed by atoms with Crippen LogP contribution < -0.4 is 16.0 Å². The molecule has 4 nitrogen and oxygen atoms in total. The zero-order chi connectivity index (χ0) is 24.5. The molecule has 4 aromatic carbocycles. The van der Waals surface area contributed by atoms with Crippen LogP contribution in [-0.4, -0.2) is 32.1 Å². The topological polar surface area (TPSA) is 58.4 Å². The molecular weight excluding hydrogens is 466 g/mol. The summed E-state index contributed by atoms with van der Waals surface area (Å²) < 4.78 is 0. The lowest BCUT2D eigenvalue weighted by atomic mass is 9.82. The predicted octanol–water partition coefficient (Wildman–Crippen LogP) is 6.55. The molecule has 0 bridgehead atoms. The van der Waals surface area contributed by atoms with Crippen LogP contribution >= 0.6 is 12.4 Å². The number of nitrogens with two attached hydrogens (primary N) is 1. The molecule has 0 aliphatic carbocycles. The first-order valence-corrected chi connectivity index (χ1v) is 12.8. The van der Waals surface area contributed by atoms with Crippen LogP contribution in [0.1, 0.15) is 46.8 Å². The van der Waals surface area contributed by atoms with Gasteiger partial charge >= 0.3 is 0 Å². The van der Waals surface area contributed by atoms with Crippen molar-refractivity contribution in [3.8, 4) is 11.1 Å². The first kappa shape index (κ1) is 26.0. The molecular formula is C31H36ClN3O. The molecule has 1 saturated heterocycles. The number of hydrogen-bond donors (Lipinski definition) is 2. The van der Waals surface area contributed by atoms with E-state index in [2.05, 4.69) is 85.6 Å². The second kappa shape index (κ2) is 10.9. The van der Waals surface area contributed by atoms with E-state index in [0.717, 1.165) is 62.1 Å². The molecule has 5 heteroatoms. The van der Waals surface area contributed by atoms with Crippen LogP contribution in [0, 0.1) is 13.8 Å². The summed E-state index contributed by atoms with van der Waals surface area (Å²) in [6, 6.07) is 19.6. The number of aryl methyl sites for hydroxylation is 1. The number of benzene rings is 4. The highest BCUT2D eigenvalue weighted by Crippen LogP contribution is 2.45. The van der Waals surface area contributed by atoms with E-state index in [-0.39, 0.29) is 18.3 Å². The van der Waals surface area contributed by atoms with Gasteiger partial charge in [-0.3, -0.25) is 4.79 Å². The van der Waals surface area contributed by atoms with Gasteiger partial charge in [-0.15, -0.1) is 12.4 Å². The Bertz CT molecular complexity index is 1420. The maximum absolute atomic E-state index is 13.3. The fourth-order valence-electron chi connectivity index (χ4n) is 5.62. The Morgan fingerprint density at radius 1 is 0.972 bits per heavy atom. The van der Waals surface area contributed by atoms with E-state index in [1.54, 1.807) is 0 Å². The smallest absolute Gasteiger partial charge is 0.251 e. The Morgan fingerprint density at radius 3 is 2.28 bits per heavy atom. The van der Waals surface area contributed by atoms with E-state index in [4.69, 9.17) is 5.73 Å². The van der Waals surface area contributed by atoms with E-state index < -0.39 is 0 Å². The largest absolute Gasteiger partial charge is 0.368 e. The molecule has 1 aliphatic rings. The van der Waals surface area contributed by atoms with Gasteiger partial charge in [-0.1, -0.05) is 55.8 Å². The SMILES string of the molecule is CCCCc1c(C(N)=O)c(N2CCNCC2)c2cc3ccccc3cc2c1-c1cccc(C)c1C.Cl. The number of carbonyl (C=O) groups excluding carboxylic acids is 1. The van der Waals surface area contributed by atoms with Crippen molar-refractivity contribution in [2.45, 2.75) is 40.0 Å². The van der Waals surface area contributed by atoms with Crippen molar-refractivity contribution in [1.29, 1.82) is 0 Å². The Labute approximate surface area is 220 Å². The van der Waals surface area contributed by atoms with E-state index in [1.165, 1.54) is 38.4 Å². The number of primary amides is 1. The third-order valence-electron chi connectivity index (χ3n) is 7.58. The minimum atomic E-state index is -0.328. The van der Waals surface area contributed by atoms with Crippen molar-refractivity contribution in [3.63, 3.8) is 0 Å². The molecule has 0 atom stereocenters. The first-order valence-electron chi connectivity index (χ1n) is 12.8. The molecule has 0 aromatic heterocycles. The summed E-state index contributed by atoms with van der Waals surface area (Å²) in [6.45, 7) is 10.1. The number of hydrogen-bond acceptors (Lipinski definition) is 3. The lowest BCUT2D eigenvalue weighted by Crippen LogP contribution is -2.44. The fraction of sp³-hybridized carbons (Fsp3) is 0.323. The molecule has 36 heavy (non-hydrogen) atoms. The number of anilines is 1. The van der Waals surface area contributed by atoms with Crippen molar-refractivity contribution >= 4 is 45.5 Å². The third-order valence-corrected chi connectivity index (χ3v) is 7.58. The highest BCUT2D eigenvalue weighted by molar-refractivity contribution is 6.18. The van der Waals surface area contributed by atoms with Crippen molar-refractivity contribution in [1.82, 2.24) is 5.32 Å². The van der Waals surface area contributed by atoms with Gasteiger partial charge in [0.15, 0.2) is 0 Å². The second-order valence-electron chi connectivity index (χ2n) is 9.77. The molecule has 0 spiro atoms. The first-order chi connectivity index (χ1) is 17.0. The highest BCUT2D eigenvalue weighted by Gasteiger charge is 2.28. The predicted molar refractivity (Wildman–Crippen MR) is 156 cm³/mol. The standard InChI is InChI=1S/C31H35N3O.ClH/c1-4-5-12-25-28(24-13-8-9-20(2)21(24)3)26-18-22-10-6-7-11-23(22)19-27(26)30(29(25)31(32)35)34-16-14-33-15-17-34;/h6-11,13,18-19,33H,4-5,12,14-17H2,1-3H3,(H2,32,35);1H. The second-order valence-corrected chi connectivity index (χ2v) is 9.77. The minimum absolute atomic E-state index is 0. The van der Waals surface area contributed by atoms with Crippen LogP contribution in [0.15, 0.2) is 54.6 Å². The molecule has 3 N–H and O–H groups in total. The highest BCUT2D eigenvalue weighted by atomic mass is 35.5. The lowest BCUT2D eigenvalue weighted by molar-refractivity contribution is 0.1000. The van der Waals surface area contributed by atoms with Crippen LogP contribution in [0.4, 0.5) is 5.69 Å². The lowest BCUT2D eigenvalue weighted by Gasteiger charge is -2.34. The van der Waals surface area contributed by atoms with Crippen LogP contribution in [0.25, 0.3) is 32.7 Å². The minimum Gasteiger partial charge on any atom is -0.368 e. The van der Waals surface area contributed by atoms with Gasteiger partial charge in [0.1, 0.15) is 0 Å². The molecule has 188 valence electrons. The van der Waals surface area contributed by atoms with Gasteiger partial charge in [-0.05, 0) is 82.8 Å². The van der Waals surface area contributed by atoms with Crippen molar-refractivity contribution in [2.24, 2.45) is 5.73 Å². The number of halogens is 1. The Balaban J connectivity index is 0.00000304. The van der Waals surface area contributed by atoms with Crippen molar-refractivity contribution < 1.29 is 4.79 Å². The Kier molecular flexibility index (Phi) is 7.87. The zero-order valence-corrected chi connectivity index (χ0v) is 22.3. The van der Waals surface area contributed by atoms with E-state index in [0.29, 0.717) is 5.56 Å².